The van der Waals surface area contributed by atoms with Crippen LogP contribution in [-0.2, 0) is 24.7 Å². The average Bonchev–Trinajstić information content (AvgIpc) is 2.99. The van der Waals surface area contributed by atoms with E-state index < -0.39 is 12.1 Å². The Labute approximate surface area is 177 Å². The lowest BCUT2D eigenvalue weighted by molar-refractivity contribution is -0.192. The number of carbonyl (C=O) groups excluding carboxylic acids is 1. The van der Waals surface area contributed by atoms with E-state index in [0.29, 0.717) is 5.69 Å². The number of anilines is 1. The number of hydrogen-bond donors (Lipinski definition) is 2. The number of carboxylic acid groups (broad SMARTS) is 1. The molecule has 2 heterocycles. The van der Waals surface area contributed by atoms with Gasteiger partial charge in [-0.15, -0.1) is 5.10 Å². The molecule has 2 aliphatic rings. The minimum Gasteiger partial charge on any atom is -0.475 e. The zero-order chi connectivity index (χ0) is 22.6. The van der Waals surface area contributed by atoms with Gasteiger partial charge in [0.15, 0.2) is 5.69 Å². The topological polar surface area (TPSA) is 100 Å². The van der Waals surface area contributed by atoms with Gasteiger partial charge >= 0.3 is 12.1 Å². The van der Waals surface area contributed by atoms with E-state index in [-0.39, 0.29) is 5.91 Å². The maximum Gasteiger partial charge on any atom is 0.490 e. The highest BCUT2D eigenvalue weighted by Gasteiger charge is 2.38. The molecule has 0 radical (unpaired) electrons. The second-order valence-electron chi connectivity index (χ2n) is 7.58. The molecule has 1 aliphatic heterocycles. The van der Waals surface area contributed by atoms with Crippen LogP contribution in [0.25, 0.3) is 0 Å². The quantitative estimate of drug-likeness (QED) is 0.763. The lowest BCUT2D eigenvalue weighted by atomic mass is 9.91. The number of benzene rings is 1. The Hall–Kier alpha value is -2.95. The molecule has 1 fully saturated rings. The lowest BCUT2D eigenvalue weighted by Crippen LogP contribution is -2.41. The summed E-state index contributed by atoms with van der Waals surface area (Å²) in [6.45, 7) is 2.28. The molecule has 4 rings (SSSR count). The van der Waals surface area contributed by atoms with Gasteiger partial charge in [-0.05, 0) is 48.9 Å². The van der Waals surface area contributed by atoms with E-state index in [2.05, 4.69) is 32.5 Å². The van der Waals surface area contributed by atoms with Crippen LogP contribution in [0.4, 0.5) is 18.9 Å². The summed E-state index contributed by atoms with van der Waals surface area (Å²) in [6, 6.07) is 7.07. The number of fused-ring (bicyclic) bond motifs is 1. The Balaban J connectivity index is 0.000000339. The third-order valence-electron chi connectivity index (χ3n) is 5.47. The molecule has 1 aromatic carbocycles. The van der Waals surface area contributed by atoms with Crippen molar-refractivity contribution < 1.29 is 27.9 Å². The third kappa shape index (κ3) is 6.03. The summed E-state index contributed by atoms with van der Waals surface area (Å²) in [5.41, 5.74) is 3.94. The summed E-state index contributed by atoms with van der Waals surface area (Å²) >= 11 is 0. The van der Waals surface area contributed by atoms with Gasteiger partial charge in [0, 0.05) is 31.9 Å². The molecule has 1 amide bonds. The molecule has 0 bridgehead atoms. The number of aromatic nitrogens is 3. The number of aryl methyl sites for hydroxylation is 1. The molecule has 1 saturated carbocycles. The van der Waals surface area contributed by atoms with Crippen molar-refractivity contribution in [1.29, 1.82) is 0 Å². The van der Waals surface area contributed by atoms with Gasteiger partial charge in [0.1, 0.15) is 0 Å². The fourth-order valence-corrected chi connectivity index (χ4v) is 3.58. The first kappa shape index (κ1) is 22.7. The van der Waals surface area contributed by atoms with Crippen molar-refractivity contribution in [1.82, 2.24) is 19.9 Å². The number of hydrogen-bond acceptors (Lipinski definition) is 5. The van der Waals surface area contributed by atoms with E-state index >= 15 is 0 Å². The molecule has 1 aliphatic carbocycles. The van der Waals surface area contributed by atoms with Crippen molar-refractivity contribution >= 4 is 17.6 Å². The number of nitrogens with one attached hydrogen (secondary N) is 1. The van der Waals surface area contributed by atoms with Crippen molar-refractivity contribution in [3.05, 3.63) is 41.2 Å². The summed E-state index contributed by atoms with van der Waals surface area (Å²) in [5, 5.41) is 18.0. The van der Waals surface area contributed by atoms with Crippen LogP contribution in [0.3, 0.4) is 0 Å². The largest absolute Gasteiger partial charge is 0.490 e. The monoisotopic (exact) mass is 439 g/mol. The second-order valence-corrected chi connectivity index (χ2v) is 7.58. The van der Waals surface area contributed by atoms with Crippen LogP contribution in [0.5, 0.6) is 0 Å². The molecule has 1 aromatic heterocycles. The molecule has 31 heavy (non-hydrogen) atoms. The maximum absolute atomic E-state index is 12.2. The predicted octanol–water partition coefficient (Wildman–Crippen LogP) is 2.65. The standard InChI is InChI=1S/C18H23N5O.C2HF3O2/c1-22-19-12-17(21-22)18(24)20-15-6-5-13-7-9-23(16-3-2-4-16)10-8-14(13)11-15;3-2(4,5)1(6)7/h5-6,11-12,16H,2-4,7-10H2,1H3,(H,20,24);(H,6,7). The number of amides is 1. The van der Waals surface area contributed by atoms with E-state index in [0.717, 1.165) is 37.7 Å². The van der Waals surface area contributed by atoms with Gasteiger partial charge in [-0.1, -0.05) is 12.5 Å². The van der Waals surface area contributed by atoms with Crippen LogP contribution in [0.15, 0.2) is 24.4 Å². The molecule has 0 atom stereocenters. The lowest BCUT2D eigenvalue weighted by Gasteiger charge is -2.36. The van der Waals surface area contributed by atoms with Crippen LogP contribution in [0, 0.1) is 0 Å². The van der Waals surface area contributed by atoms with Crippen LogP contribution >= 0.6 is 0 Å². The van der Waals surface area contributed by atoms with Gasteiger partial charge in [-0.25, -0.2) is 4.79 Å². The smallest absolute Gasteiger partial charge is 0.475 e. The Bertz CT molecular complexity index is 940. The second kappa shape index (κ2) is 9.46. The summed E-state index contributed by atoms with van der Waals surface area (Å²) in [5.74, 6) is -2.97. The predicted molar refractivity (Wildman–Crippen MR) is 106 cm³/mol. The maximum atomic E-state index is 12.2. The number of aliphatic carboxylic acids is 1. The molecule has 11 heteroatoms. The van der Waals surface area contributed by atoms with Gasteiger partial charge in [0.25, 0.3) is 5.91 Å². The van der Waals surface area contributed by atoms with Gasteiger partial charge in [0.05, 0.1) is 6.20 Å². The van der Waals surface area contributed by atoms with E-state index in [1.807, 2.05) is 6.07 Å². The highest BCUT2D eigenvalue weighted by Crippen LogP contribution is 2.28. The van der Waals surface area contributed by atoms with Crippen LogP contribution in [-0.4, -0.2) is 62.2 Å². The number of halogens is 3. The average molecular weight is 439 g/mol. The Morgan fingerprint density at radius 1 is 1.16 bits per heavy atom. The molecular weight excluding hydrogens is 415 g/mol. The summed E-state index contributed by atoms with van der Waals surface area (Å²) in [6.07, 6.45) is 2.65. The number of carbonyl (C=O) groups is 2. The Kier molecular flexibility index (Phi) is 6.94. The number of rotatable bonds is 3. The van der Waals surface area contributed by atoms with Crippen LogP contribution in [0.1, 0.15) is 40.9 Å². The number of nitrogens with zero attached hydrogens (tertiary/aromatic N) is 4. The third-order valence-corrected chi connectivity index (χ3v) is 5.47. The zero-order valence-corrected chi connectivity index (χ0v) is 17.0. The minimum atomic E-state index is -5.08. The summed E-state index contributed by atoms with van der Waals surface area (Å²) < 4.78 is 31.7. The highest BCUT2D eigenvalue weighted by molar-refractivity contribution is 6.02. The normalized spacial score (nSPS) is 16.9. The first-order valence-electron chi connectivity index (χ1n) is 9.97. The fourth-order valence-electron chi connectivity index (χ4n) is 3.58. The van der Waals surface area contributed by atoms with E-state index in [1.165, 1.54) is 41.4 Å². The first-order valence-corrected chi connectivity index (χ1v) is 9.97. The van der Waals surface area contributed by atoms with Gasteiger partial charge in [-0.2, -0.15) is 23.1 Å². The molecule has 2 aromatic rings. The molecule has 8 nitrogen and oxygen atoms in total. The minimum absolute atomic E-state index is 0.215. The molecule has 2 N–H and O–H groups in total. The van der Waals surface area contributed by atoms with E-state index in [4.69, 9.17) is 9.90 Å². The number of alkyl halides is 3. The SMILES string of the molecule is Cn1ncc(C(=O)Nc2ccc3c(c2)CCN(C2CCC2)CC3)n1.O=C(O)C(F)(F)F. The number of carboxylic acids is 1. The summed E-state index contributed by atoms with van der Waals surface area (Å²) in [7, 11) is 1.70. The zero-order valence-electron chi connectivity index (χ0n) is 17.0. The van der Waals surface area contributed by atoms with Crippen molar-refractivity contribution in [2.24, 2.45) is 7.05 Å². The van der Waals surface area contributed by atoms with Crippen molar-refractivity contribution in [2.45, 2.75) is 44.3 Å². The Morgan fingerprint density at radius 3 is 2.32 bits per heavy atom. The molecule has 0 saturated heterocycles. The van der Waals surface area contributed by atoms with Gasteiger partial charge in [0.2, 0.25) is 0 Å². The molecule has 168 valence electrons. The van der Waals surface area contributed by atoms with Gasteiger partial charge in [-0.3, -0.25) is 9.69 Å². The fraction of sp³-hybridized carbons (Fsp3) is 0.500. The summed E-state index contributed by atoms with van der Waals surface area (Å²) in [4.78, 5) is 25.1. The van der Waals surface area contributed by atoms with E-state index in [1.54, 1.807) is 7.05 Å². The van der Waals surface area contributed by atoms with Crippen LogP contribution in [0.2, 0.25) is 0 Å². The van der Waals surface area contributed by atoms with Crippen LogP contribution < -0.4 is 5.32 Å². The van der Waals surface area contributed by atoms with Crippen molar-refractivity contribution in [3.8, 4) is 0 Å². The van der Waals surface area contributed by atoms with Crippen molar-refractivity contribution in [2.75, 3.05) is 18.4 Å². The molecule has 0 unspecified atom stereocenters. The highest BCUT2D eigenvalue weighted by atomic mass is 19.4. The first-order chi connectivity index (χ1) is 14.6. The Morgan fingerprint density at radius 2 is 1.81 bits per heavy atom. The van der Waals surface area contributed by atoms with Gasteiger partial charge < -0.3 is 10.4 Å². The molecular formula is C20H24F3N5O3. The molecule has 0 spiro atoms. The van der Waals surface area contributed by atoms with E-state index in [9.17, 15) is 18.0 Å². The van der Waals surface area contributed by atoms with Crippen molar-refractivity contribution in [3.63, 3.8) is 0 Å².